The number of carbonyl (C=O) groups excluding carboxylic acids is 2. The summed E-state index contributed by atoms with van der Waals surface area (Å²) in [5.74, 6) is -0.655. The summed E-state index contributed by atoms with van der Waals surface area (Å²) in [4.78, 5) is 27.7. The Morgan fingerprint density at radius 1 is 1.42 bits per heavy atom. The predicted octanol–water partition coefficient (Wildman–Crippen LogP) is 2.90. The van der Waals surface area contributed by atoms with Gasteiger partial charge >= 0.3 is 5.97 Å². The van der Waals surface area contributed by atoms with Crippen molar-refractivity contribution in [3.63, 3.8) is 0 Å². The van der Waals surface area contributed by atoms with Crippen LogP contribution in [0.25, 0.3) is 0 Å². The second-order valence-electron chi connectivity index (χ2n) is 4.97. The van der Waals surface area contributed by atoms with Crippen molar-refractivity contribution >= 4 is 29.3 Å². The maximum Gasteiger partial charge on any atom is 0.341 e. The number of esters is 1. The van der Waals surface area contributed by atoms with E-state index in [0.29, 0.717) is 5.02 Å². The van der Waals surface area contributed by atoms with E-state index in [1.165, 1.54) is 12.3 Å². The van der Waals surface area contributed by atoms with Crippen molar-refractivity contribution in [1.29, 1.82) is 0 Å². The van der Waals surface area contributed by atoms with Crippen LogP contribution in [0.4, 0.5) is 5.82 Å². The minimum Gasteiger partial charge on any atom is -0.462 e. The predicted molar refractivity (Wildman–Crippen MR) is 73.3 cm³/mol. The minimum absolute atomic E-state index is 0.145. The van der Waals surface area contributed by atoms with E-state index in [4.69, 9.17) is 16.3 Å². The second kappa shape index (κ2) is 6.02. The van der Waals surface area contributed by atoms with Gasteiger partial charge in [0.05, 0.1) is 11.6 Å². The van der Waals surface area contributed by atoms with E-state index in [0.717, 1.165) is 0 Å². The molecular formula is C13H17ClN2O3. The summed E-state index contributed by atoms with van der Waals surface area (Å²) in [6.07, 6.45) is 1.36. The molecule has 0 bridgehead atoms. The number of nitrogens with one attached hydrogen (secondary N) is 1. The van der Waals surface area contributed by atoms with Gasteiger partial charge in [0, 0.05) is 11.6 Å². The van der Waals surface area contributed by atoms with Gasteiger partial charge in [0.2, 0.25) is 5.91 Å². The van der Waals surface area contributed by atoms with Crippen molar-refractivity contribution in [2.45, 2.75) is 27.7 Å². The molecule has 0 aliphatic carbocycles. The molecule has 1 heterocycles. The third-order valence-electron chi connectivity index (χ3n) is 2.26. The summed E-state index contributed by atoms with van der Waals surface area (Å²) < 4.78 is 4.90. The highest BCUT2D eigenvalue weighted by molar-refractivity contribution is 6.31. The van der Waals surface area contributed by atoms with Crippen LogP contribution in [0.3, 0.4) is 0 Å². The number of nitrogens with zero attached hydrogens (tertiary/aromatic N) is 1. The lowest BCUT2D eigenvalue weighted by atomic mass is 9.95. The summed E-state index contributed by atoms with van der Waals surface area (Å²) in [5, 5.41) is 2.91. The molecule has 0 aliphatic rings. The van der Waals surface area contributed by atoms with E-state index in [-0.39, 0.29) is 23.9 Å². The Morgan fingerprint density at radius 3 is 2.58 bits per heavy atom. The van der Waals surface area contributed by atoms with Crippen LogP contribution in [0.5, 0.6) is 0 Å². The second-order valence-corrected chi connectivity index (χ2v) is 5.41. The van der Waals surface area contributed by atoms with Crippen LogP contribution < -0.4 is 5.32 Å². The van der Waals surface area contributed by atoms with E-state index in [1.54, 1.807) is 27.7 Å². The number of carbonyl (C=O) groups is 2. The number of halogens is 1. The number of rotatable bonds is 3. The molecule has 19 heavy (non-hydrogen) atoms. The molecule has 1 amide bonds. The Hall–Kier alpha value is -1.62. The van der Waals surface area contributed by atoms with E-state index < -0.39 is 11.4 Å². The van der Waals surface area contributed by atoms with E-state index >= 15 is 0 Å². The van der Waals surface area contributed by atoms with Crippen LogP contribution >= 0.6 is 11.6 Å². The molecule has 0 radical (unpaired) electrons. The van der Waals surface area contributed by atoms with Crippen LogP contribution in [0, 0.1) is 5.41 Å². The summed E-state index contributed by atoms with van der Waals surface area (Å²) in [6.45, 7) is 7.23. The smallest absolute Gasteiger partial charge is 0.341 e. The standard InChI is InChI=1S/C13H17ClN2O3/c1-5-19-11(17)9-6-8(14)7-15-10(9)16-12(18)13(2,3)4/h6-7H,5H2,1-4H3,(H,15,16,18). The molecule has 1 aromatic rings. The molecule has 104 valence electrons. The van der Waals surface area contributed by atoms with Gasteiger partial charge in [-0.05, 0) is 13.0 Å². The van der Waals surface area contributed by atoms with E-state index in [1.807, 2.05) is 0 Å². The summed E-state index contributed by atoms with van der Waals surface area (Å²) in [5.41, 5.74) is -0.445. The van der Waals surface area contributed by atoms with Gasteiger partial charge < -0.3 is 10.1 Å². The van der Waals surface area contributed by atoms with Crippen molar-refractivity contribution in [1.82, 2.24) is 4.98 Å². The number of hydrogen-bond acceptors (Lipinski definition) is 4. The average Bonchev–Trinajstić information content (AvgIpc) is 2.30. The highest BCUT2D eigenvalue weighted by Gasteiger charge is 2.24. The Kier molecular flexibility index (Phi) is 4.89. The van der Waals surface area contributed by atoms with E-state index in [2.05, 4.69) is 10.3 Å². The van der Waals surface area contributed by atoms with Crippen molar-refractivity contribution in [3.8, 4) is 0 Å². The largest absolute Gasteiger partial charge is 0.462 e. The Bertz CT molecular complexity index is 495. The first-order valence-corrected chi connectivity index (χ1v) is 6.27. The first-order chi connectivity index (χ1) is 8.75. The van der Waals surface area contributed by atoms with Gasteiger partial charge in [-0.1, -0.05) is 32.4 Å². The Balaban J connectivity index is 3.07. The molecular weight excluding hydrogens is 268 g/mol. The summed E-state index contributed by atoms with van der Waals surface area (Å²) in [7, 11) is 0. The molecule has 0 atom stereocenters. The van der Waals surface area contributed by atoms with Gasteiger partial charge in [0.1, 0.15) is 11.4 Å². The first-order valence-electron chi connectivity index (χ1n) is 5.89. The molecule has 5 nitrogen and oxygen atoms in total. The Morgan fingerprint density at radius 2 is 2.05 bits per heavy atom. The molecule has 0 aliphatic heterocycles. The number of ether oxygens (including phenoxy) is 1. The Labute approximate surface area is 117 Å². The highest BCUT2D eigenvalue weighted by atomic mass is 35.5. The average molecular weight is 285 g/mol. The number of aromatic nitrogens is 1. The molecule has 6 heteroatoms. The summed E-state index contributed by atoms with van der Waals surface area (Å²) >= 11 is 5.80. The zero-order valence-electron chi connectivity index (χ0n) is 11.4. The molecule has 0 saturated carbocycles. The quantitative estimate of drug-likeness (QED) is 0.867. The summed E-state index contributed by atoms with van der Waals surface area (Å²) in [6, 6.07) is 1.42. The van der Waals surface area contributed by atoms with Crippen molar-refractivity contribution < 1.29 is 14.3 Å². The molecule has 0 spiro atoms. The fourth-order valence-electron chi connectivity index (χ4n) is 1.20. The van der Waals surface area contributed by atoms with Gasteiger partial charge in [-0.3, -0.25) is 4.79 Å². The van der Waals surface area contributed by atoms with Gasteiger partial charge in [-0.25, -0.2) is 9.78 Å². The lowest BCUT2D eigenvalue weighted by Crippen LogP contribution is -2.29. The topological polar surface area (TPSA) is 68.3 Å². The molecule has 0 fully saturated rings. The number of amides is 1. The minimum atomic E-state index is -0.590. The van der Waals surface area contributed by atoms with Gasteiger partial charge in [-0.2, -0.15) is 0 Å². The van der Waals surface area contributed by atoms with Crippen LogP contribution in [0.1, 0.15) is 38.1 Å². The van der Waals surface area contributed by atoms with Crippen LogP contribution in [0.15, 0.2) is 12.3 Å². The normalized spacial score (nSPS) is 11.0. The highest BCUT2D eigenvalue weighted by Crippen LogP contribution is 2.22. The van der Waals surface area contributed by atoms with Crippen molar-refractivity contribution in [3.05, 3.63) is 22.8 Å². The maximum absolute atomic E-state index is 11.9. The number of hydrogen-bond donors (Lipinski definition) is 1. The van der Waals surface area contributed by atoms with E-state index in [9.17, 15) is 9.59 Å². The SMILES string of the molecule is CCOC(=O)c1cc(Cl)cnc1NC(=O)C(C)(C)C. The molecule has 0 saturated heterocycles. The van der Waals surface area contributed by atoms with Crippen molar-refractivity contribution in [2.75, 3.05) is 11.9 Å². The van der Waals surface area contributed by atoms with Crippen molar-refractivity contribution in [2.24, 2.45) is 5.41 Å². The van der Waals surface area contributed by atoms with Crippen LogP contribution in [-0.2, 0) is 9.53 Å². The van der Waals surface area contributed by atoms with Gasteiger partial charge in [0.15, 0.2) is 0 Å². The molecule has 1 rings (SSSR count). The van der Waals surface area contributed by atoms with Crippen LogP contribution in [0.2, 0.25) is 5.02 Å². The molecule has 0 aromatic carbocycles. The fraction of sp³-hybridized carbons (Fsp3) is 0.462. The monoisotopic (exact) mass is 284 g/mol. The maximum atomic E-state index is 11.9. The molecule has 0 unspecified atom stereocenters. The van der Waals surface area contributed by atoms with Gasteiger partial charge in [-0.15, -0.1) is 0 Å². The zero-order chi connectivity index (χ0) is 14.6. The lowest BCUT2D eigenvalue weighted by molar-refractivity contribution is -0.123. The fourth-order valence-corrected chi connectivity index (χ4v) is 1.36. The number of anilines is 1. The number of pyridine rings is 1. The first kappa shape index (κ1) is 15.4. The van der Waals surface area contributed by atoms with Gasteiger partial charge in [0.25, 0.3) is 0 Å². The third kappa shape index (κ3) is 4.21. The van der Waals surface area contributed by atoms with Crippen LogP contribution in [-0.4, -0.2) is 23.5 Å². The zero-order valence-corrected chi connectivity index (χ0v) is 12.2. The lowest BCUT2D eigenvalue weighted by Gasteiger charge is -2.18. The third-order valence-corrected chi connectivity index (χ3v) is 2.47. The molecule has 1 aromatic heterocycles. The molecule has 1 N–H and O–H groups in total.